The number of phenolic OH excluding ortho intramolecular Hbond substituents is 2. The number of carbonyl (C=O) groups is 1. The van der Waals surface area contributed by atoms with Crippen molar-refractivity contribution < 1.29 is 19.7 Å². The van der Waals surface area contributed by atoms with E-state index in [1.54, 1.807) is 18.4 Å². The molecule has 30 heavy (non-hydrogen) atoms. The smallest absolute Gasteiger partial charge is 0.342 e. The Hall–Kier alpha value is -3.56. The van der Waals surface area contributed by atoms with Crippen LogP contribution in [-0.4, -0.2) is 35.3 Å². The van der Waals surface area contributed by atoms with E-state index in [0.29, 0.717) is 18.7 Å². The Morgan fingerprint density at radius 1 is 1.17 bits per heavy atom. The van der Waals surface area contributed by atoms with Crippen molar-refractivity contribution in [2.45, 2.75) is 53.3 Å². The van der Waals surface area contributed by atoms with Gasteiger partial charge >= 0.3 is 11.7 Å². The lowest BCUT2D eigenvalue weighted by atomic mass is 10.1. The van der Waals surface area contributed by atoms with Crippen LogP contribution in [0.15, 0.2) is 21.7 Å². The maximum atomic E-state index is 12.4. The summed E-state index contributed by atoms with van der Waals surface area (Å²) < 4.78 is 8.24. The van der Waals surface area contributed by atoms with E-state index in [1.165, 1.54) is 16.7 Å². The highest BCUT2D eigenvalue weighted by Crippen LogP contribution is 2.32. The summed E-state index contributed by atoms with van der Waals surface area (Å²) in [5.74, 6) is -1.52. The molecule has 0 radical (unpaired) electrons. The first kappa shape index (κ1) is 21.2. The highest BCUT2D eigenvalue weighted by atomic mass is 16.5. The van der Waals surface area contributed by atoms with Gasteiger partial charge in [0.1, 0.15) is 18.0 Å². The molecule has 0 spiro atoms. The molecule has 0 saturated heterocycles. The van der Waals surface area contributed by atoms with Crippen LogP contribution in [0, 0.1) is 6.92 Å². The number of esters is 1. The number of benzene rings is 1. The zero-order chi connectivity index (χ0) is 22.0. The molecule has 0 unspecified atom stereocenters. The number of unbranched alkanes of at least 4 members (excludes halogenated alkanes) is 1. The minimum Gasteiger partial charge on any atom is -0.504 e. The van der Waals surface area contributed by atoms with Gasteiger partial charge in [0.05, 0.1) is 0 Å². The SMILES string of the molecule is CCCCn1c(=O)[nH]c(=O)c2c1nc(COC(=O)c1ccc(C)c(O)c1O)n2CC. The molecule has 3 rings (SSSR count). The number of aromatic hydroxyl groups is 2. The third-order valence-corrected chi connectivity index (χ3v) is 4.92. The number of aryl methyl sites for hydroxylation is 3. The summed E-state index contributed by atoms with van der Waals surface area (Å²) in [5, 5.41) is 19.8. The molecule has 160 valence electrons. The fourth-order valence-electron chi connectivity index (χ4n) is 3.25. The number of hydrogen-bond acceptors (Lipinski definition) is 7. The summed E-state index contributed by atoms with van der Waals surface area (Å²) in [6, 6.07) is 2.83. The quantitative estimate of drug-likeness (QED) is 0.394. The Kier molecular flexibility index (Phi) is 5.95. The van der Waals surface area contributed by atoms with Crippen LogP contribution in [0.25, 0.3) is 11.2 Å². The van der Waals surface area contributed by atoms with Gasteiger partial charge in [-0.1, -0.05) is 19.4 Å². The zero-order valence-electron chi connectivity index (χ0n) is 17.1. The Bertz CT molecular complexity index is 1220. The minimum absolute atomic E-state index is 0.185. The van der Waals surface area contributed by atoms with Crippen molar-refractivity contribution in [1.82, 2.24) is 19.1 Å². The van der Waals surface area contributed by atoms with Crippen LogP contribution >= 0.6 is 0 Å². The molecule has 2 heterocycles. The van der Waals surface area contributed by atoms with Gasteiger partial charge in [-0.25, -0.2) is 14.6 Å². The molecule has 10 heteroatoms. The Labute approximate surface area is 171 Å². The van der Waals surface area contributed by atoms with Crippen LogP contribution in [0.2, 0.25) is 0 Å². The molecule has 0 bridgehead atoms. The van der Waals surface area contributed by atoms with E-state index in [-0.39, 0.29) is 29.2 Å². The second kappa shape index (κ2) is 8.44. The predicted octanol–water partition coefficient (Wildman–Crippen LogP) is 1.78. The average molecular weight is 416 g/mol. The summed E-state index contributed by atoms with van der Waals surface area (Å²) in [5.41, 5.74) is -0.395. The maximum Gasteiger partial charge on any atom is 0.342 e. The largest absolute Gasteiger partial charge is 0.504 e. The van der Waals surface area contributed by atoms with Gasteiger partial charge in [0.2, 0.25) is 0 Å². The van der Waals surface area contributed by atoms with E-state index in [4.69, 9.17) is 4.74 Å². The third-order valence-electron chi connectivity index (χ3n) is 4.92. The van der Waals surface area contributed by atoms with Gasteiger partial charge in [-0.15, -0.1) is 0 Å². The molecule has 2 aromatic heterocycles. The number of fused-ring (bicyclic) bond motifs is 1. The fourth-order valence-corrected chi connectivity index (χ4v) is 3.25. The number of carbonyl (C=O) groups excluding carboxylic acids is 1. The highest BCUT2D eigenvalue weighted by molar-refractivity contribution is 5.93. The Balaban J connectivity index is 1.97. The summed E-state index contributed by atoms with van der Waals surface area (Å²) >= 11 is 0. The first-order valence-corrected chi connectivity index (χ1v) is 9.70. The molecule has 3 N–H and O–H groups in total. The minimum atomic E-state index is -0.852. The molecule has 0 atom stereocenters. The number of ether oxygens (including phenoxy) is 1. The topological polar surface area (TPSA) is 139 Å². The van der Waals surface area contributed by atoms with Gasteiger partial charge in [0.25, 0.3) is 5.56 Å². The van der Waals surface area contributed by atoms with Crippen LogP contribution in [-0.2, 0) is 24.4 Å². The van der Waals surface area contributed by atoms with Crippen molar-refractivity contribution in [1.29, 1.82) is 0 Å². The number of aromatic amines is 1. The van der Waals surface area contributed by atoms with E-state index < -0.39 is 28.7 Å². The van der Waals surface area contributed by atoms with Gasteiger partial charge in [0, 0.05) is 13.1 Å². The zero-order valence-corrected chi connectivity index (χ0v) is 17.1. The number of nitrogens with one attached hydrogen (secondary N) is 1. The lowest BCUT2D eigenvalue weighted by Gasteiger charge is -2.09. The molecule has 0 amide bonds. The first-order chi connectivity index (χ1) is 14.3. The first-order valence-electron chi connectivity index (χ1n) is 9.70. The number of hydrogen-bond donors (Lipinski definition) is 3. The number of nitrogens with zero attached hydrogens (tertiary/aromatic N) is 3. The molecule has 1 aromatic carbocycles. The predicted molar refractivity (Wildman–Crippen MR) is 109 cm³/mol. The molecular weight excluding hydrogens is 392 g/mol. The van der Waals surface area contributed by atoms with Crippen LogP contribution in [0.1, 0.15) is 48.4 Å². The number of imidazole rings is 1. The van der Waals surface area contributed by atoms with E-state index >= 15 is 0 Å². The van der Waals surface area contributed by atoms with Crippen LogP contribution < -0.4 is 11.2 Å². The molecule has 10 nitrogen and oxygen atoms in total. The van der Waals surface area contributed by atoms with Gasteiger partial charge in [-0.3, -0.25) is 14.3 Å². The molecule has 0 saturated carbocycles. The second-order valence-corrected chi connectivity index (χ2v) is 6.91. The maximum absolute atomic E-state index is 12.4. The van der Waals surface area contributed by atoms with Crippen molar-refractivity contribution in [2.75, 3.05) is 0 Å². The molecule has 0 aliphatic carbocycles. The van der Waals surface area contributed by atoms with Crippen LogP contribution in [0.3, 0.4) is 0 Å². The summed E-state index contributed by atoms with van der Waals surface area (Å²) in [6.45, 7) is 5.87. The summed E-state index contributed by atoms with van der Waals surface area (Å²) in [7, 11) is 0. The number of phenols is 2. The monoisotopic (exact) mass is 416 g/mol. The van der Waals surface area contributed by atoms with Crippen molar-refractivity contribution in [3.8, 4) is 11.5 Å². The lowest BCUT2D eigenvalue weighted by molar-refractivity contribution is 0.0454. The van der Waals surface area contributed by atoms with Crippen molar-refractivity contribution in [3.63, 3.8) is 0 Å². The molecular formula is C20H24N4O6. The van der Waals surface area contributed by atoms with Crippen molar-refractivity contribution >= 4 is 17.1 Å². The molecule has 0 aliphatic rings. The van der Waals surface area contributed by atoms with E-state index in [0.717, 1.165) is 12.8 Å². The summed E-state index contributed by atoms with van der Waals surface area (Å²) in [4.78, 5) is 43.7. The Morgan fingerprint density at radius 2 is 1.90 bits per heavy atom. The fraction of sp³-hybridized carbons (Fsp3) is 0.400. The Morgan fingerprint density at radius 3 is 2.57 bits per heavy atom. The third kappa shape index (κ3) is 3.68. The average Bonchev–Trinajstić information content (AvgIpc) is 3.09. The molecule has 0 fully saturated rings. The normalized spacial score (nSPS) is 11.2. The van der Waals surface area contributed by atoms with Gasteiger partial charge in [-0.05, 0) is 31.9 Å². The van der Waals surface area contributed by atoms with Gasteiger partial charge in [-0.2, -0.15) is 0 Å². The van der Waals surface area contributed by atoms with Gasteiger partial charge < -0.3 is 19.5 Å². The molecule has 0 aliphatic heterocycles. The standard InChI is InChI=1S/C20H24N4O6/c1-4-6-9-24-17-14(18(27)22-20(24)29)23(5-2)13(21-17)10-30-19(28)12-8-7-11(3)15(25)16(12)26/h7-8,25-26H,4-6,9-10H2,1-3H3,(H,22,27,29). The van der Waals surface area contributed by atoms with E-state index in [9.17, 15) is 24.6 Å². The van der Waals surface area contributed by atoms with Crippen molar-refractivity contribution in [2.24, 2.45) is 0 Å². The van der Waals surface area contributed by atoms with Crippen molar-refractivity contribution in [3.05, 3.63) is 49.9 Å². The van der Waals surface area contributed by atoms with E-state index in [2.05, 4.69) is 9.97 Å². The lowest BCUT2D eigenvalue weighted by Crippen LogP contribution is -2.31. The van der Waals surface area contributed by atoms with Gasteiger partial charge in [0.15, 0.2) is 22.7 Å². The molecule has 3 aromatic rings. The second-order valence-electron chi connectivity index (χ2n) is 6.91. The number of aromatic nitrogens is 4. The highest BCUT2D eigenvalue weighted by Gasteiger charge is 2.21. The number of H-pyrrole nitrogens is 1. The number of rotatable bonds is 7. The van der Waals surface area contributed by atoms with Crippen LogP contribution in [0.5, 0.6) is 11.5 Å². The van der Waals surface area contributed by atoms with E-state index in [1.807, 2.05) is 6.92 Å². The van der Waals surface area contributed by atoms with Crippen LogP contribution in [0.4, 0.5) is 0 Å². The summed E-state index contributed by atoms with van der Waals surface area (Å²) in [6.07, 6.45) is 1.60.